The average molecular weight is 838 g/mol. The number of ketones is 1. The number of pyridine rings is 2. The molecule has 3 aromatic heterocycles. The van der Waals surface area contributed by atoms with Crippen molar-refractivity contribution in [1.29, 1.82) is 0 Å². The zero-order valence-corrected chi connectivity index (χ0v) is 33.1. The third-order valence-corrected chi connectivity index (χ3v) is 9.07. The van der Waals surface area contributed by atoms with E-state index < -0.39 is 0 Å². The summed E-state index contributed by atoms with van der Waals surface area (Å²) in [6.07, 6.45) is 9.52. The van der Waals surface area contributed by atoms with Gasteiger partial charge in [-0.3, -0.25) is 14.8 Å². The second-order valence-electron chi connectivity index (χ2n) is 14.2. The Balaban J connectivity index is 0.000000347. The Bertz CT molecular complexity index is 1860. The molecule has 0 spiro atoms. The van der Waals surface area contributed by atoms with Crippen molar-refractivity contribution in [2.24, 2.45) is 17.8 Å². The first-order valence-corrected chi connectivity index (χ1v) is 17.6. The van der Waals surface area contributed by atoms with Crippen LogP contribution in [-0.2, 0) is 36.7 Å². The maximum Gasteiger partial charge on any atom is 0.162 e. The average Bonchev–Trinajstić information content (AvgIpc) is 3.47. The molecule has 0 aliphatic carbocycles. The number of aliphatic hydroxyl groups is 1. The van der Waals surface area contributed by atoms with E-state index in [0.717, 1.165) is 76.7 Å². The molecule has 5 rings (SSSR count). The number of carbonyl (C=O) groups excluding carboxylic acids is 1. The van der Waals surface area contributed by atoms with Gasteiger partial charge in [-0.1, -0.05) is 97.5 Å². The Morgan fingerprint density at radius 1 is 0.898 bits per heavy atom. The molecule has 0 atom stereocenters. The molecule has 6 heteroatoms. The van der Waals surface area contributed by atoms with Crippen LogP contribution in [0.25, 0.3) is 44.3 Å². The second kappa shape index (κ2) is 17.9. The molecule has 0 saturated carbocycles. The Morgan fingerprint density at radius 3 is 2.18 bits per heavy atom. The normalized spacial score (nSPS) is 12.0. The van der Waals surface area contributed by atoms with Crippen LogP contribution in [0.2, 0.25) is 0 Å². The van der Waals surface area contributed by atoms with Gasteiger partial charge in [0, 0.05) is 73.5 Å². The van der Waals surface area contributed by atoms with Crippen molar-refractivity contribution < 1.29 is 34.4 Å². The van der Waals surface area contributed by atoms with Gasteiger partial charge in [0.05, 0.1) is 5.76 Å². The summed E-state index contributed by atoms with van der Waals surface area (Å²) in [4.78, 5) is 21.1. The molecular formula is C43H53IrN2O3-. The maximum absolute atomic E-state index is 11.7. The van der Waals surface area contributed by atoms with Crippen molar-refractivity contribution in [2.75, 3.05) is 0 Å². The minimum absolute atomic E-state index is 0. The Morgan fingerprint density at radius 2 is 1.55 bits per heavy atom. The summed E-state index contributed by atoms with van der Waals surface area (Å²) in [7, 11) is 0. The van der Waals surface area contributed by atoms with Crippen molar-refractivity contribution in [3.63, 3.8) is 0 Å². The minimum Gasteiger partial charge on any atom is -0.512 e. The fourth-order valence-electron chi connectivity index (χ4n) is 6.22. The molecule has 0 saturated heterocycles. The number of aromatic nitrogens is 2. The van der Waals surface area contributed by atoms with Gasteiger partial charge in [0.1, 0.15) is 11.5 Å². The topological polar surface area (TPSA) is 76.2 Å². The second-order valence-corrected chi connectivity index (χ2v) is 14.2. The molecule has 5 nitrogen and oxygen atoms in total. The molecular weight excluding hydrogens is 785 g/mol. The minimum atomic E-state index is 0. The van der Waals surface area contributed by atoms with Crippen LogP contribution < -0.4 is 0 Å². The molecule has 0 aliphatic heterocycles. The third kappa shape index (κ3) is 9.99. The monoisotopic (exact) mass is 838 g/mol. The number of furan rings is 1. The van der Waals surface area contributed by atoms with Gasteiger partial charge in [-0.05, 0) is 55.2 Å². The SMILES string of the molecule is CC(C)Cc1cc2ccnc(-c3ccnc(-c4[c-]c5ccccc5c(C(C)(C)C)c4)c3)c2o1.CCC(CC)C(=O)/C=C(\O)C(CC)CC.[Ir]. The van der Waals surface area contributed by atoms with Crippen LogP contribution in [0.1, 0.15) is 99.3 Å². The summed E-state index contributed by atoms with van der Waals surface area (Å²) in [5.41, 5.74) is 5.86. The Labute approximate surface area is 307 Å². The van der Waals surface area contributed by atoms with E-state index in [-0.39, 0.29) is 48.9 Å². The number of allylic oxidation sites excluding steroid dienone is 2. The van der Waals surface area contributed by atoms with Crippen molar-refractivity contribution >= 4 is 27.5 Å². The number of hydrogen-bond donors (Lipinski definition) is 1. The van der Waals surface area contributed by atoms with Gasteiger partial charge in [-0.2, -0.15) is 0 Å². The van der Waals surface area contributed by atoms with E-state index in [1.807, 2.05) is 52.2 Å². The molecule has 0 bridgehead atoms. The number of aliphatic hydroxyl groups excluding tert-OH is 1. The van der Waals surface area contributed by atoms with Crippen LogP contribution in [0.4, 0.5) is 0 Å². The largest absolute Gasteiger partial charge is 0.512 e. The molecule has 0 fully saturated rings. The first kappa shape index (κ1) is 39.8. The summed E-state index contributed by atoms with van der Waals surface area (Å²) in [6, 6.07) is 22.5. The van der Waals surface area contributed by atoms with Crippen LogP contribution in [-0.4, -0.2) is 20.9 Å². The molecule has 1 N–H and O–H groups in total. The summed E-state index contributed by atoms with van der Waals surface area (Å²) in [5, 5.41) is 13.2. The van der Waals surface area contributed by atoms with Gasteiger partial charge < -0.3 is 9.52 Å². The van der Waals surface area contributed by atoms with Gasteiger partial charge in [-0.15, -0.1) is 29.1 Å². The Kier molecular flexibility index (Phi) is 14.5. The van der Waals surface area contributed by atoms with Crippen LogP contribution in [0, 0.1) is 23.8 Å². The van der Waals surface area contributed by atoms with Gasteiger partial charge >= 0.3 is 0 Å². The molecule has 5 aromatic rings. The van der Waals surface area contributed by atoms with E-state index in [4.69, 9.17) is 9.40 Å². The number of carbonyl (C=O) groups is 1. The van der Waals surface area contributed by atoms with Gasteiger partial charge in [0.2, 0.25) is 0 Å². The van der Waals surface area contributed by atoms with E-state index in [2.05, 4.69) is 88.1 Å². The van der Waals surface area contributed by atoms with E-state index in [9.17, 15) is 9.90 Å². The summed E-state index contributed by atoms with van der Waals surface area (Å²) in [6.45, 7) is 19.2. The quantitative estimate of drug-likeness (QED) is 0.0815. The molecule has 2 aromatic carbocycles. The fourth-order valence-corrected chi connectivity index (χ4v) is 6.22. The first-order chi connectivity index (χ1) is 22.9. The van der Waals surface area contributed by atoms with Crippen molar-refractivity contribution in [2.45, 2.75) is 99.8 Å². The predicted octanol–water partition coefficient (Wildman–Crippen LogP) is 11.9. The molecule has 0 unspecified atom stereocenters. The molecule has 3 heterocycles. The fraction of sp³-hybridized carbons (Fsp3) is 0.419. The van der Waals surface area contributed by atoms with Crippen LogP contribution in [0.15, 0.2) is 83.2 Å². The van der Waals surface area contributed by atoms with Gasteiger partial charge in [0.25, 0.3) is 0 Å². The van der Waals surface area contributed by atoms with E-state index in [1.165, 1.54) is 17.0 Å². The van der Waals surface area contributed by atoms with Gasteiger partial charge in [-0.25, -0.2) is 0 Å². The maximum atomic E-state index is 11.7. The van der Waals surface area contributed by atoms with E-state index in [1.54, 1.807) is 0 Å². The van der Waals surface area contributed by atoms with Crippen molar-refractivity contribution in [1.82, 2.24) is 9.97 Å². The van der Waals surface area contributed by atoms with E-state index in [0.29, 0.717) is 5.92 Å². The zero-order chi connectivity index (χ0) is 35.0. The number of benzene rings is 2. The molecule has 49 heavy (non-hydrogen) atoms. The number of nitrogens with zero attached hydrogens (tertiary/aromatic N) is 2. The summed E-state index contributed by atoms with van der Waals surface area (Å²) < 4.78 is 6.24. The number of hydrogen-bond acceptors (Lipinski definition) is 5. The third-order valence-electron chi connectivity index (χ3n) is 9.07. The van der Waals surface area contributed by atoms with E-state index >= 15 is 0 Å². The van der Waals surface area contributed by atoms with Crippen LogP contribution >= 0.6 is 0 Å². The van der Waals surface area contributed by atoms with Crippen molar-refractivity contribution in [3.8, 4) is 22.5 Å². The predicted molar refractivity (Wildman–Crippen MR) is 200 cm³/mol. The smallest absolute Gasteiger partial charge is 0.162 e. The number of fused-ring (bicyclic) bond motifs is 2. The number of rotatable bonds is 11. The molecule has 263 valence electrons. The molecule has 1 radical (unpaired) electrons. The standard InChI is InChI=1S/C30H29N2O.C13H24O2.Ir/c1-19(2)14-24-16-22-11-13-32-28(29(22)33-24)21-10-12-31-27(18-21)23-15-20-8-6-7-9-25(20)26(17-23)30(3,4)5;1-5-10(6-2)12(14)9-13(15)11(7-3)8-4;/h6-13,16-19H,14H2,1-5H3;9-11,14H,5-8H2,1-4H3;/q-1;;/b;12-9-;. The molecule has 0 aliphatic rings. The summed E-state index contributed by atoms with van der Waals surface area (Å²) >= 11 is 0. The first-order valence-electron chi connectivity index (χ1n) is 17.6. The zero-order valence-electron chi connectivity index (χ0n) is 30.7. The van der Waals surface area contributed by atoms with Gasteiger partial charge in [0.15, 0.2) is 11.4 Å². The van der Waals surface area contributed by atoms with Crippen LogP contribution in [0.3, 0.4) is 0 Å². The Hall–Kier alpha value is -3.60. The van der Waals surface area contributed by atoms with Crippen molar-refractivity contribution in [3.05, 3.63) is 96.2 Å². The summed E-state index contributed by atoms with van der Waals surface area (Å²) in [5.74, 6) is 2.09. The van der Waals surface area contributed by atoms with Crippen LogP contribution in [0.5, 0.6) is 0 Å². The molecule has 0 amide bonds.